The van der Waals surface area contributed by atoms with E-state index < -0.39 is 54.0 Å². The van der Waals surface area contributed by atoms with Crippen molar-refractivity contribution < 1.29 is 43.6 Å². The number of anilines is 1. The summed E-state index contributed by atoms with van der Waals surface area (Å²) in [4.78, 5) is 11.0. The van der Waals surface area contributed by atoms with Gasteiger partial charge in [-0.3, -0.25) is 4.79 Å². The van der Waals surface area contributed by atoms with Gasteiger partial charge in [0.1, 0.15) is 6.54 Å². The Bertz CT molecular complexity index is 1110. The predicted octanol–water partition coefficient (Wildman–Crippen LogP) is 2.78. The van der Waals surface area contributed by atoms with Crippen LogP contribution in [0.4, 0.5) is 27.6 Å². The highest BCUT2D eigenvalue weighted by Gasteiger charge is 2.30. The van der Waals surface area contributed by atoms with Gasteiger partial charge in [0.05, 0.1) is 9.79 Å². The van der Waals surface area contributed by atoms with E-state index in [-0.39, 0.29) is 11.3 Å². The number of sulfone groups is 1. The normalized spacial score (nSPS) is 12.7. The van der Waals surface area contributed by atoms with Crippen molar-refractivity contribution in [3.05, 3.63) is 54.1 Å². The first-order valence-electron chi connectivity index (χ1n) is 7.82. The molecule has 0 saturated carbocycles. The van der Waals surface area contributed by atoms with Crippen LogP contribution >= 0.6 is 0 Å². The molecule has 0 aliphatic carbocycles. The van der Waals surface area contributed by atoms with Crippen molar-refractivity contribution in [1.29, 1.82) is 0 Å². The van der Waals surface area contributed by atoms with Crippen LogP contribution in [-0.2, 0) is 19.9 Å². The molecule has 0 spiro atoms. The quantitative estimate of drug-likeness (QED) is 0.603. The fourth-order valence-electron chi connectivity index (χ4n) is 2.08. The van der Waals surface area contributed by atoms with Crippen LogP contribution in [0.3, 0.4) is 0 Å². The van der Waals surface area contributed by atoms with Crippen LogP contribution < -0.4 is 10.0 Å². The van der Waals surface area contributed by atoms with E-state index in [4.69, 9.17) is 0 Å². The van der Waals surface area contributed by atoms with Gasteiger partial charge in [-0.05, 0) is 48.5 Å². The van der Waals surface area contributed by atoms with Crippen LogP contribution in [0.2, 0.25) is 0 Å². The third-order valence-electron chi connectivity index (χ3n) is 3.56. The summed E-state index contributed by atoms with van der Waals surface area (Å²) in [6, 6.07) is 7.84. The van der Waals surface area contributed by atoms with Crippen molar-refractivity contribution in [3.8, 4) is 0 Å². The fourth-order valence-corrected chi connectivity index (χ4v) is 3.82. The topological polar surface area (TPSA) is 109 Å². The second-order valence-corrected chi connectivity index (χ2v) is 9.43. The van der Waals surface area contributed by atoms with Gasteiger partial charge in [0, 0.05) is 11.3 Å². The minimum atomic E-state index is -4.81. The zero-order chi connectivity index (χ0) is 22.7. The number of amides is 1. The van der Waals surface area contributed by atoms with E-state index in [0.29, 0.717) is 0 Å². The fraction of sp³-hybridized carbons (Fsp3) is 0.188. The second-order valence-electron chi connectivity index (χ2n) is 5.75. The van der Waals surface area contributed by atoms with Crippen LogP contribution in [0.15, 0.2) is 58.3 Å². The Morgan fingerprint density at radius 1 is 0.867 bits per heavy atom. The third-order valence-corrected chi connectivity index (χ3v) is 6.38. The molecule has 164 valence electrons. The Kier molecular flexibility index (Phi) is 6.83. The first-order valence-corrected chi connectivity index (χ1v) is 10.9. The third kappa shape index (κ3) is 5.96. The Morgan fingerprint density at radius 3 is 1.83 bits per heavy atom. The van der Waals surface area contributed by atoms with Crippen LogP contribution in [0.5, 0.6) is 0 Å². The highest BCUT2D eigenvalue weighted by molar-refractivity contribution is 7.91. The van der Waals surface area contributed by atoms with Gasteiger partial charge in [-0.2, -0.15) is 22.0 Å². The summed E-state index contributed by atoms with van der Waals surface area (Å²) < 4.78 is 109. The number of sulfonamides is 1. The maximum Gasteiger partial charge on any atom is 0.402 e. The molecule has 0 saturated heterocycles. The van der Waals surface area contributed by atoms with Gasteiger partial charge in [-0.15, -0.1) is 0 Å². The first-order chi connectivity index (χ1) is 13.7. The molecule has 2 aromatic rings. The summed E-state index contributed by atoms with van der Waals surface area (Å²) in [5.41, 5.74) is 0.00538. The van der Waals surface area contributed by atoms with E-state index in [1.54, 1.807) is 0 Å². The number of alkyl halides is 5. The molecule has 0 radical (unpaired) electrons. The minimum Gasteiger partial charge on any atom is -0.322 e. The zero-order valence-corrected chi connectivity index (χ0v) is 16.3. The van der Waals surface area contributed by atoms with E-state index in [0.717, 1.165) is 48.5 Å². The summed E-state index contributed by atoms with van der Waals surface area (Å²) in [5.74, 6) is -4.38. The van der Waals surface area contributed by atoms with Crippen molar-refractivity contribution in [2.75, 3.05) is 11.9 Å². The predicted molar refractivity (Wildman–Crippen MR) is 95.3 cm³/mol. The van der Waals surface area contributed by atoms with Crippen LogP contribution in [-0.4, -0.2) is 41.2 Å². The Hall–Kier alpha value is -2.58. The summed E-state index contributed by atoms with van der Waals surface area (Å²) >= 11 is 0. The molecule has 2 aromatic carbocycles. The second kappa shape index (κ2) is 8.65. The molecule has 0 aliphatic heterocycles. The first kappa shape index (κ1) is 23.7. The molecule has 0 bridgehead atoms. The Labute approximate surface area is 167 Å². The van der Waals surface area contributed by atoms with E-state index in [2.05, 4.69) is 5.32 Å². The van der Waals surface area contributed by atoms with Crippen molar-refractivity contribution in [1.82, 2.24) is 4.72 Å². The highest BCUT2D eigenvalue weighted by atomic mass is 32.2. The molecule has 0 atom stereocenters. The number of nitrogens with one attached hydrogen (secondary N) is 2. The molecular weight excluding hydrogens is 459 g/mol. The SMILES string of the molecule is O=C(Nc1ccc(S(=O)(=O)NCC(F)(F)F)cc1)c1ccc(S(=O)(=O)C(F)F)cc1. The largest absolute Gasteiger partial charge is 0.402 e. The number of hydrogen-bond acceptors (Lipinski definition) is 5. The molecular formula is C16H13F5N2O5S2. The minimum absolute atomic E-state index is 0.0771. The van der Waals surface area contributed by atoms with Gasteiger partial charge in [0.25, 0.3) is 5.91 Å². The molecule has 0 heterocycles. The number of benzene rings is 2. The Balaban J connectivity index is 2.09. The summed E-state index contributed by atoms with van der Waals surface area (Å²) in [7, 11) is -9.23. The average Bonchev–Trinajstić information content (AvgIpc) is 2.66. The zero-order valence-electron chi connectivity index (χ0n) is 14.7. The van der Waals surface area contributed by atoms with Crippen molar-refractivity contribution in [3.63, 3.8) is 0 Å². The number of carbonyl (C=O) groups excluding carboxylic acids is 1. The van der Waals surface area contributed by atoms with Crippen LogP contribution in [0.1, 0.15) is 10.4 Å². The number of carbonyl (C=O) groups is 1. The average molecular weight is 472 g/mol. The van der Waals surface area contributed by atoms with Crippen molar-refractivity contribution in [2.24, 2.45) is 0 Å². The van der Waals surface area contributed by atoms with Gasteiger partial charge >= 0.3 is 11.9 Å². The smallest absolute Gasteiger partial charge is 0.322 e. The molecule has 0 aliphatic rings. The lowest BCUT2D eigenvalue weighted by molar-refractivity contribution is -0.121. The maximum atomic E-state index is 12.5. The van der Waals surface area contributed by atoms with E-state index in [9.17, 15) is 43.6 Å². The molecule has 7 nitrogen and oxygen atoms in total. The lowest BCUT2D eigenvalue weighted by Gasteiger charge is -2.10. The Morgan fingerprint density at radius 2 is 1.37 bits per heavy atom. The summed E-state index contributed by atoms with van der Waals surface area (Å²) in [6.45, 7) is -1.74. The molecule has 2 rings (SSSR count). The van der Waals surface area contributed by atoms with Crippen LogP contribution in [0, 0.1) is 0 Å². The molecule has 0 unspecified atom stereocenters. The maximum absolute atomic E-state index is 12.5. The summed E-state index contributed by atoms with van der Waals surface area (Å²) in [5, 5.41) is 2.34. The molecule has 0 aromatic heterocycles. The van der Waals surface area contributed by atoms with Crippen molar-refractivity contribution >= 4 is 31.5 Å². The number of hydrogen-bond donors (Lipinski definition) is 2. The molecule has 14 heteroatoms. The van der Waals surface area contributed by atoms with E-state index in [1.165, 1.54) is 4.72 Å². The van der Waals surface area contributed by atoms with E-state index >= 15 is 0 Å². The molecule has 0 fully saturated rings. The molecule has 2 N–H and O–H groups in total. The molecule has 1 amide bonds. The van der Waals surface area contributed by atoms with Crippen molar-refractivity contribution in [2.45, 2.75) is 21.7 Å². The lowest BCUT2D eigenvalue weighted by Crippen LogP contribution is -2.33. The van der Waals surface area contributed by atoms with Gasteiger partial charge in [-0.1, -0.05) is 0 Å². The van der Waals surface area contributed by atoms with E-state index in [1.807, 2.05) is 0 Å². The molecule has 30 heavy (non-hydrogen) atoms. The van der Waals surface area contributed by atoms with Crippen LogP contribution in [0.25, 0.3) is 0 Å². The number of rotatable bonds is 7. The van der Waals surface area contributed by atoms with Gasteiger partial charge in [-0.25, -0.2) is 21.6 Å². The monoisotopic (exact) mass is 472 g/mol. The summed E-state index contributed by atoms with van der Waals surface area (Å²) in [6.07, 6.45) is -4.73. The number of halogens is 5. The standard InChI is InChI=1S/C16H13F5N2O5S2/c17-15(18)29(25,26)12-5-1-10(2-6-12)14(24)23-11-3-7-13(8-4-11)30(27,28)22-9-16(19,20)21/h1-8,15,22H,9H2,(H,23,24). The van der Waals surface area contributed by atoms with Gasteiger partial charge < -0.3 is 5.32 Å². The van der Waals surface area contributed by atoms with Gasteiger partial charge in [0.2, 0.25) is 19.9 Å². The van der Waals surface area contributed by atoms with Gasteiger partial charge in [0.15, 0.2) is 0 Å². The lowest BCUT2D eigenvalue weighted by atomic mass is 10.2. The highest BCUT2D eigenvalue weighted by Crippen LogP contribution is 2.20.